The Balaban J connectivity index is 0.00000256. The zero-order chi connectivity index (χ0) is 20.5. The van der Waals surface area contributed by atoms with Gasteiger partial charge in [-0.1, -0.05) is 12.1 Å². The van der Waals surface area contributed by atoms with E-state index in [0.29, 0.717) is 6.42 Å². The van der Waals surface area contributed by atoms with Gasteiger partial charge in [0.25, 0.3) is 0 Å². The fraction of sp³-hybridized carbons (Fsp3) is 0.571. The summed E-state index contributed by atoms with van der Waals surface area (Å²) in [6.45, 7) is 3.94. The molecule has 4 rings (SSSR count). The molecule has 3 heterocycles. The molecule has 1 aromatic heterocycles. The molecule has 2 saturated heterocycles. The van der Waals surface area contributed by atoms with Crippen LogP contribution in [-0.2, 0) is 23.2 Å². The summed E-state index contributed by atoms with van der Waals surface area (Å²) in [5, 5.41) is 5.63. The Morgan fingerprint density at radius 3 is 2.53 bits per heavy atom. The fourth-order valence-electron chi connectivity index (χ4n) is 4.76. The third kappa shape index (κ3) is 4.17. The average molecular weight is 436 g/mol. The van der Waals surface area contributed by atoms with Crippen LogP contribution in [0.2, 0.25) is 0 Å². The lowest BCUT2D eigenvalue weighted by molar-refractivity contribution is -0.135. The monoisotopic (exact) mass is 435 g/mol. The maximum absolute atomic E-state index is 13.0. The summed E-state index contributed by atoms with van der Waals surface area (Å²) in [4.78, 5) is 39.3. The van der Waals surface area contributed by atoms with Gasteiger partial charge in [0, 0.05) is 20.0 Å². The van der Waals surface area contributed by atoms with Gasteiger partial charge in [-0.25, -0.2) is 4.79 Å². The first-order valence-corrected chi connectivity index (χ1v) is 10.4. The fourth-order valence-corrected chi connectivity index (χ4v) is 4.76. The minimum absolute atomic E-state index is 0. The minimum atomic E-state index is -0.642. The zero-order valence-electron chi connectivity index (χ0n) is 17.5. The number of nitrogens with zero attached hydrogens (tertiary/aromatic N) is 3. The SMILES string of the molecule is CNCC1CCN(Cc2cccc3c2n(C)c(=O)n3C2CCC(=O)NC2=O)CC1.Cl. The average Bonchev–Trinajstić information content (AvgIpc) is 2.95. The van der Waals surface area contributed by atoms with Gasteiger partial charge in [-0.05, 0) is 63.5 Å². The molecule has 0 aliphatic carbocycles. The number of hydrogen-bond donors (Lipinski definition) is 2. The summed E-state index contributed by atoms with van der Waals surface area (Å²) < 4.78 is 3.20. The molecule has 9 heteroatoms. The van der Waals surface area contributed by atoms with Gasteiger partial charge in [-0.3, -0.25) is 28.9 Å². The van der Waals surface area contributed by atoms with Gasteiger partial charge in [0.15, 0.2) is 0 Å². The van der Waals surface area contributed by atoms with E-state index in [9.17, 15) is 14.4 Å². The second-order valence-electron chi connectivity index (χ2n) is 8.24. The number of para-hydroxylation sites is 1. The highest BCUT2D eigenvalue weighted by molar-refractivity contribution is 6.00. The topological polar surface area (TPSA) is 88.4 Å². The van der Waals surface area contributed by atoms with E-state index in [-0.39, 0.29) is 30.4 Å². The van der Waals surface area contributed by atoms with Crippen LogP contribution in [-0.4, -0.2) is 52.5 Å². The number of nitrogens with one attached hydrogen (secondary N) is 2. The Labute approximate surface area is 182 Å². The van der Waals surface area contributed by atoms with Crippen LogP contribution in [0.5, 0.6) is 0 Å². The molecule has 2 N–H and O–H groups in total. The van der Waals surface area contributed by atoms with Crippen LogP contribution in [0.3, 0.4) is 0 Å². The number of benzene rings is 1. The molecule has 1 atom stereocenters. The van der Waals surface area contributed by atoms with Crippen molar-refractivity contribution >= 4 is 35.3 Å². The van der Waals surface area contributed by atoms with Crippen molar-refractivity contribution in [3.05, 3.63) is 34.2 Å². The Bertz CT molecular complexity index is 990. The highest BCUT2D eigenvalue weighted by atomic mass is 35.5. The number of halogens is 1. The van der Waals surface area contributed by atoms with Crippen LogP contribution in [0, 0.1) is 5.92 Å². The number of rotatable bonds is 5. The minimum Gasteiger partial charge on any atom is -0.319 e. The molecule has 1 aromatic carbocycles. The quantitative estimate of drug-likeness (QED) is 0.688. The number of piperidine rings is 2. The van der Waals surface area contributed by atoms with Crippen molar-refractivity contribution in [3.8, 4) is 0 Å². The van der Waals surface area contributed by atoms with Gasteiger partial charge in [0.1, 0.15) is 6.04 Å². The van der Waals surface area contributed by atoms with E-state index in [1.807, 2.05) is 19.2 Å². The molecule has 2 aliphatic rings. The number of fused-ring (bicyclic) bond motifs is 1. The Kier molecular flexibility index (Phi) is 7.00. The molecule has 2 aromatic rings. The second kappa shape index (κ2) is 9.32. The van der Waals surface area contributed by atoms with Crippen LogP contribution in [0.4, 0.5) is 0 Å². The first kappa shape index (κ1) is 22.5. The molecule has 8 nitrogen and oxygen atoms in total. The number of imidazole rings is 1. The Morgan fingerprint density at radius 2 is 1.87 bits per heavy atom. The Morgan fingerprint density at radius 1 is 1.13 bits per heavy atom. The second-order valence-corrected chi connectivity index (χ2v) is 8.24. The summed E-state index contributed by atoms with van der Waals surface area (Å²) >= 11 is 0. The van der Waals surface area contributed by atoms with Crippen molar-refractivity contribution < 1.29 is 9.59 Å². The number of likely N-dealkylation sites (tertiary alicyclic amines) is 1. The number of amides is 2. The number of imide groups is 1. The van der Waals surface area contributed by atoms with Crippen molar-refractivity contribution in [1.82, 2.24) is 24.7 Å². The van der Waals surface area contributed by atoms with Gasteiger partial charge in [0.2, 0.25) is 11.8 Å². The normalized spacial score (nSPS) is 20.9. The molecule has 0 spiro atoms. The van der Waals surface area contributed by atoms with Crippen molar-refractivity contribution in [2.45, 2.75) is 38.3 Å². The molecule has 0 saturated carbocycles. The summed E-state index contributed by atoms with van der Waals surface area (Å²) in [6.07, 6.45) is 2.95. The summed E-state index contributed by atoms with van der Waals surface area (Å²) in [5.41, 5.74) is 2.52. The van der Waals surface area contributed by atoms with Crippen LogP contribution in [0.25, 0.3) is 11.0 Å². The standard InChI is InChI=1S/C21H29N5O3.ClH/c1-22-12-14-8-10-25(11-9-14)13-15-4-3-5-16-19(15)24(2)21(29)26(16)17-6-7-18(27)23-20(17)28;/h3-5,14,17,22H,6-13H2,1-2H3,(H,23,27,28);1H. The van der Waals surface area contributed by atoms with E-state index in [0.717, 1.165) is 48.7 Å². The molecular formula is C21H30ClN5O3. The summed E-state index contributed by atoms with van der Waals surface area (Å²) in [7, 11) is 3.76. The van der Waals surface area contributed by atoms with Crippen molar-refractivity contribution in [1.29, 1.82) is 0 Å². The third-order valence-corrected chi connectivity index (χ3v) is 6.30. The predicted octanol–water partition coefficient (Wildman–Crippen LogP) is 1.17. The largest absolute Gasteiger partial charge is 0.329 e. The van der Waals surface area contributed by atoms with Crippen molar-refractivity contribution in [2.75, 3.05) is 26.7 Å². The smallest absolute Gasteiger partial charge is 0.319 e. The maximum Gasteiger partial charge on any atom is 0.329 e. The number of aryl methyl sites for hydroxylation is 1. The van der Waals surface area contributed by atoms with E-state index in [4.69, 9.17) is 0 Å². The van der Waals surface area contributed by atoms with Gasteiger partial charge in [-0.15, -0.1) is 12.4 Å². The molecule has 2 amide bonds. The highest BCUT2D eigenvalue weighted by Gasteiger charge is 2.31. The molecule has 1 unspecified atom stereocenters. The maximum atomic E-state index is 13.0. The first-order chi connectivity index (χ1) is 14.0. The predicted molar refractivity (Wildman–Crippen MR) is 118 cm³/mol. The molecule has 2 fully saturated rings. The number of aromatic nitrogens is 2. The molecule has 164 valence electrons. The van der Waals surface area contributed by atoms with Crippen LogP contribution < -0.4 is 16.3 Å². The van der Waals surface area contributed by atoms with Gasteiger partial charge in [0.05, 0.1) is 11.0 Å². The van der Waals surface area contributed by atoms with Gasteiger partial charge in [-0.2, -0.15) is 0 Å². The summed E-state index contributed by atoms with van der Waals surface area (Å²) in [6, 6.07) is 5.27. The number of hydrogen-bond acceptors (Lipinski definition) is 5. The van der Waals surface area contributed by atoms with Crippen LogP contribution in [0.15, 0.2) is 23.0 Å². The Hall–Kier alpha value is -2.16. The van der Waals surface area contributed by atoms with Crippen LogP contribution in [0.1, 0.15) is 37.3 Å². The van der Waals surface area contributed by atoms with Crippen molar-refractivity contribution in [3.63, 3.8) is 0 Å². The zero-order valence-corrected chi connectivity index (χ0v) is 18.3. The number of carbonyl (C=O) groups is 2. The lowest BCUT2D eigenvalue weighted by Crippen LogP contribution is -2.44. The van der Waals surface area contributed by atoms with Crippen LogP contribution >= 0.6 is 12.4 Å². The molecule has 30 heavy (non-hydrogen) atoms. The number of carbonyl (C=O) groups excluding carboxylic acids is 2. The summed E-state index contributed by atoms with van der Waals surface area (Å²) in [5.74, 6) is 0.0553. The third-order valence-electron chi connectivity index (χ3n) is 6.30. The van der Waals surface area contributed by atoms with E-state index < -0.39 is 11.9 Å². The first-order valence-electron chi connectivity index (χ1n) is 10.4. The molecule has 2 aliphatic heterocycles. The van der Waals surface area contributed by atoms with Gasteiger partial charge >= 0.3 is 5.69 Å². The highest BCUT2D eigenvalue weighted by Crippen LogP contribution is 2.26. The van der Waals surface area contributed by atoms with E-state index in [1.54, 1.807) is 16.2 Å². The van der Waals surface area contributed by atoms with E-state index >= 15 is 0 Å². The lowest BCUT2D eigenvalue weighted by Gasteiger charge is -2.32. The van der Waals surface area contributed by atoms with E-state index in [1.165, 1.54) is 12.8 Å². The lowest BCUT2D eigenvalue weighted by atomic mass is 9.96. The molecule has 0 radical (unpaired) electrons. The van der Waals surface area contributed by atoms with Crippen molar-refractivity contribution in [2.24, 2.45) is 13.0 Å². The molecule has 0 bridgehead atoms. The van der Waals surface area contributed by atoms with E-state index in [2.05, 4.69) is 21.6 Å². The molecular weight excluding hydrogens is 406 g/mol. The van der Waals surface area contributed by atoms with Gasteiger partial charge < -0.3 is 5.32 Å².